The molecule has 22 heavy (non-hydrogen) atoms. The maximum atomic E-state index is 12.0. The van der Waals surface area contributed by atoms with Gasteiger partial charge in [0, 0.05) is 20.5 Å². The van der Waals surface area contributed by atoms with Gasteiger partial charge >= 0.3 is 5.97 Å². The summed E-state index contributed by atoms with van der Waals surface area (Å²) < 4.78 is 30.2. The summed E-state index contributed by atoms with van der Waals surface area (Å²) in [5, 5.41) is 0. The lowest BCUT2D eigenvalue weighted by Crippen LogP contribution is -2.30. The zero-order valence-electron chi connectivity index (χ0n) is 12.6. The minimum Gasteiger partial charge on any atom is -0.451 e. The van der Waals surface area contributed by atoms with E-state index in [1.807, 2.05) is 0 Å². The van der Waals surface area contributed by atoms with E-state index in [0.717, 1.165) is 17.1 Å². The minimum absolute atomic E-state index is 0.0496. The van der Waals surface area contributed by atoms with Crippen LogP contribution in [0.4, 0.5) is 0 Å². The average Bonchev–Trinajstić information content (AvgIpc) is 2.49. The largest absolute Gasteiger partial charge is 0.451 e. The van der Waals surface area contributed by atoms with E-state index in [0.29, 0.717) is 12.8 Å². The molecule has 0 N–H and O–H groups in total. The molecule has 1 aliphatic rings. The van der Waals surface area contributed by atoms with E-state index < -0.39 is 22.1 Å². The molecule has 0 radical (unpaired) electrons. The van der Waals surface area contributed by atoms with Crippen molar-refractivity contribution < 1.29 is 22.7 Å². The molecule has 0 spiro atoms. The van der Waals surface area contributed by atoms with Crippen LogP contribution in [0.25, 0.3) is 0 Å². The van der Waals surface area contributed by atoms with Crippen molar-refractivity contribution in [2.45, 2.75) is 36.7 Å². The quantitative estimate of drug-likeness (QED) is 0.786. The molecule has 1 aliphatic carbocycles. The van der Waals surface area contributed by atoms with Crippen LogP contribution < -0.4 is 0 Å². The number of ether oxygens (including phenoxy) is 1. The summed E-state index contributed by atoms with van der Waals surface area (Å²) in [6.07, 6.45) is 2.02. The Morgan fingerprint density at radius 2 is 1.82 bits per heavy atom. The molecule has 7 heteroatoms. The van der Waals surface area contributed by atoms with Crippen LogP contribution in [0.3, 0.4) is 0 Å². The number of Topliss-reactive ketones (excluding diaryl/α,β-unsaturated/α-hetero) is 1. The maximum absolute atomic E-state index is 12.0. The van der Waals surface area contributed by atoms with E-state index in [-0.39, 0.29) is 16.2 Å². The van der Waals surface area contributed by atoms with E-state index in [2.05, 4.69) is 0 Å². The van der Waals surface area contributed by atoms with E-state index in [1.165, 1.54) is 38.4 Å². The molecule has 1 fully saturated rings. The molecule has 1 aromatic rings. The Kier molecular flexibility index (Phi) is 4.97. The summed E-state index contributed by atoms with van der Waals surface area (Å²) >= 11 is 0. The van der Waals surface area contributed by atoms with Crippen LogP contribution in [0.5, 0.6) is 0 Å². The Hall–Kier alpha value is -1.73. The van der Waals surface area contributed by atoms with Crippen LogP contribution in [0, 0.1) is 0 Å². The minimum atomic E-state index is -3.53. The summed E-state index contributed by atoms with van der Waals surface area (Å²) in [6.45, 7) is 0. The van der Waals surface area contributed by atoms with Crippen LogP contribution >= 0.6 is 0 Å². The normalized spacial score (nSPS) is 19.2. The number of benzene rings is 1. The van der Waals surface area contributed by atoms with Crippen LogP contribution in [0.15, 0.2) is 29.2 Å². The van der Waals surface area contributed by atoms with Gasteiger partial charge in [0.05, 0.1) is 10.5 Å². The van der Waals surface area contributed by atoms with E-state index in [9.17, 15) is 18.0 Å². The van der Waals surface area contributed by atoms with E-state index >= 15 is 0 Å². The lowest BCUT2D eigenvalue weighted by molar-refractivity contribution is -0.129. The molecule has 0 aliphatic heterocycles. The van der Waals surface area contributed by atoms with Gasteiger partial charge < -0.3 is 4.74 Å². The van der Waals surface area contributed by atoms with Crippen LogP contribution in [0.1, 0.15) is 36.0 Å². The van der Waals surface area contributed by atoms with Gasteiger partial charge in [0.25, 0.3) is 0 Å². The van der Waals surface area contributed by atoms with Gasteiger partial charge in [0.15, 0.2) is 11.9 Å². The van der Waals surface area contributed by atoms with Gasteiger partial charge in [-0.2, -0.15) is 0 Å². The highest BCUT2D eigenvalue weighted by atomic mass is 32.2. The lowest BCUT2D eigenvalue weighted by atomic mass is 9.96. The van der Waals surface area contributed by atoms with Crippen molar-refractivity contribution in [3.8, 4) is 0 Å². The fourth-order valence-electron chi connectivity index (χ4n) is 2.25. The SMILES string of the molecule is CN(C)S(=O)(=O)c1ccc(C(=O)OC2CCCCC2=O)cc1. The second-order valence-electron chi connectivity index (χ2n) is 5.42. The smallest absolute Gasteiger partial charge is 0.338 e. The van der Waals surface area contributed by atoms with Gasteiger partial charge in [-0.05, 0) is 43.5 Å². The summed E-state index contributed by atoms with van der Waals surface area (Å²) in [4.78, 5) is 23.8. The van der Waals surface area contributed by atoms with Gasteiger partial charge in [-0.25, -0.2) is 17.5 Å². The first-order valence-electron chi connectivity index (χ1n) is 7.08. The molecule has 0 bridgehead atoms. The van der Waals surface area contributed by atoms with Gasteiger partial charge in [-0.1, -0.05) is 0 Å². The van der Waals surface area contributed by atoms with Gasteiger partial charge in [0.2, 0.25) is 10.0 Å². The van der Waals surface area contributed by atoms with Crippen molar-refractivity contribution >= 4 is 21.8 Å². The molecule has 0 amide bonds. The standard InChI is InChI=1S/C15H19NO5S/c1-16(2)22(19,20)12-9-7-11(8-10-12)15(18)21-14-6-4-3-5-13(14)17/h7-10,14H,3-6H2,1-2H3. The molecule has 1 aromatic carbocycles. The predicted octanol–water partition coefficient (Wildman–Crippen LogP) is 1.61. The average molecular weight is 325 g/mol. The highest BCUT2D eigenvalue weighted by Crippen LogP contribution is 2.20. The van der Waals surface area contributed by atoms with Crippen molar-refractivity contribution in [2.24, 2.45) is 0 Å². The second-order valence-corrected chi connectivity index (χ2v) is 7.57. The van der Waals surface area contributed by atoms with Crippen molar-refractivity contribution in [1.29, 1.82) is 0 Å². The molecule has 2 rings (SSSR count). The first-order chi connectivity index (χ1) is 10.3. The fourth-order valence-corrected chi connectivity index (χ4v) is 3.15. The molecule has 0 aromatic heterocycles. The third-order valence-corrected chi connectivity index (χ3v) is 5.45. The zero-order chi connectivity index (χ0) is 16.3. The van der Waals surface area contributed by atoms with Gasteiger partial charge in [0.1, 0.15) is 0 Å². The van der Waals surface area contributed by atoms with Crippen molar-refractivity contribution in [1.82, 2.24) is 4.31 Å². The Morgan fingerprint density at radius 3 is 2.36 bits per heavy atom. The summed E-state index contributed by atoms with van der Waals surface area (Å²) in [7, 11) is -0.655. The fraction of sp³-hybridized carbons (Fsp3) is 0.467. The number of hydrogen-bond acceptors (Lipinski definition) is 5. The lowest BCUT2D eigenvalue weighted by Gasteiger charge is -2.20. The van der Waals surface area contributed by atoms with E-state index in [1.54, 1.807) is 0 Å². The molecule has 120 valence electrons. The number of sulfonamides is 1. The molecular weight excluding hydrogens is 306 g/mol. The van der Waals surface area contributed by atoms with Crippen molar-refractivity contribution in [3.63, 3.8) is 0 Å². The number of hydrogen-bond donors (Lipinski definition) is 0. The number of carbonyl (C=O) groups excluding carboxylic acids is 2. The number of carbonyl (C=O) groups is 2. The van der Waals surface area contributed by atoms with Crippen LogP contribution in [-0.4, -0.2) is 44.7 Å². The monoisotopic (exact) mass is 325 g/mol. The van der Waals surface area contributed by atoms with Crippen LogP contribution in [0.2, 0.25) is 0 Å². The molecular formula is C15H19NO5S. The molecule has 1 unspecified atom stereocenters. The summed E-state index contributed by atoms with van der Waals surface area (Å²) in [6, 6.07) is 5.50. The van der Waals surface area contributed by atoms with Crippen LogP contribution in [-0.2, 0) is 19.6 Å². The molecule has 0 heterocycles. The maximum Gasteiger partial charge on any atom is 0.338 e. The Bertz CT molecular complexity index is 664. The molecule has 1 saturated carbocycles. The number of esters is 1. The zero-order valence-corrected chi connectivity index (χ0v) is 13.4. The molecule has 6 nitrogen and oxygen atoms in total. The van der Waals surface area contributed by atoms with Crippen molar-refractivity contribution in [3.05, 3.63) is 29.8 Å². The summed E-state index contributed by atoms with van der Waals surface area (Å²) in [5.41, 5.74) is 0.232. The topological polar surface area (TPSA) is 80.8 Å². The van der Waals surface area contributed by atoms with Gasteiger partial charge in [-0.3, -0.25) is 4.79 Å². The highest BCUT2D eigenvalue weighted by molar-refractivity contribution is 7.89. The Balaban J connectivity index is 2.10. The second kappa shape index (κ2) is 6.58. The Labute approximate surface area is 130 Å². The molecule has 1 atom stereocenters. The van der Waals surface area contributed by atoms with Crippen molar-refractivity contribution in [2.75, 3.05) is 14.1 Å². The van der Waals surface area contributed by atoms with Gasteiger partial charge in [-0.15, -0.1) is 0 Å². The Morgan fingerprint density at radius 1 is 1.18 bits per heavy atom. The first-order valence-corrected chi connectivity index (χ1v) is 8.52. The van der Waals surface area contributed by atoms with E-state index in [4.69, 9.17) is 4.74 Å². The first kappa shape index (κ1) is 16.6. The number of ketones is 1. The third-order valence-electron chi connectivity index (χ3n) is 3.62. The number of rotatable bonds is 4. The molecule has 0 saturated heterocycles. The predicted molar refractivity (Wildman–Crippen MR) is 80.0 cm³/mol. The third kappa shape index (κ3) is 3.53. The highest BCUT2D eigenvalue weighted by Gasteiger charge is 2.26. The number of nitrogens with zero attached hydrogens (tertiary/aromatic N) is 1. The summed E-state index contributed by atoms with van der Waals surface area (Å²) in [5.74, 6) is -0.652.